The SMILES string of the molecule is CC(C)(C)OC(=O)Nc1ncnc2c([C@@H]3O[C@](C#N)(CO)[C@@H](O)[C@H]3O)csc12. The minimum absolute atomic E-state index is 0.220. The Morgan fingerprint density at radius 3 is 2.75 bits per heavy atom. The van der Waals surface area contributed by atoms with Crippen molar-refractivity contribution in [3.8, 4) is 6.07 Å². The fourth-order valence-electron chi connectivity index (χ4n) is 2.87. The van der Waals surface area contributed by atoms with E-state index < -0.39 is 42.2 Å². The van der Waals surface area contributed by atoms with Crippen molar-refractivity contribution in [2.75, 3.05) is 11.9 Å². The van der Waals surface area contributed by atoms with Gasteiger partial charge >= 0.3 is 6.09 Å². The third kappa shape index (κ3) is 3.52. The van der Waals surface area contributed by atoms with Crippen LogP contribution in [0.5, 0.6) is 0 Å². The standard InChI is InChI=1S/C17H20N4O6S/c1-16(2,3)27-15(25)21-14-12-9(19-7-20-14)8(4-28-12)11-10(23)13(24)17(5-18,6-22)26-11/h4,7,10-11,13,22-24H,6H2,1-3H3,(H,19,20,21,25)/t10-,11-,13-,17+/m0/s1. The summed E-state index contributed by atoms with van der Waals surface area (Å²) >= 11 is 1.19. The monoisotopic (exact) mass is 408 g/mol. The van der Waals surface area contributed by atoms with E-state index in [0.29, 0.717) is 15.8 Å². The highest BCUT2D eigenvalue weighted by Crippen LogP contribution is 2.44. The van der Waals surface area contributed by atoms with E-state index in [1.54, 1.807) is 32.2 Å². The average molecular weight is 408 g/mol. The first kappa shape index (κ1) is 20.4. The van der Waals surface area contributed by atoms with Crippen molar-refractivity contribution in [1.82, 2.24) is 9.97 Å². The van der Waals surface area contributed by atoms with Crippen LogP contribution in [-0.4, -0.2) is 61.4 Å². The number of amides is 1. The molecule has 28 heavy (non-hydrogen) atoms. The van der Waals surface area contributed by atoms with Crippen LogP contribution < -0.4 is 5.32 Å². The molecule has 1 aliphatic rings. The normalized spacial score (nSPS) is 27.5. The molecular formula is C17H20N4O6S. The van der Waals surface area contributed by atoms with Gasteiger partial charge < -0.3 is 24.8 Å². The van der Waals surface area contributed by atoms with Gasteiger partial charge in [0.05, 0.1) is 16.8 Å². The van der Waals surface area contributed by atoms with Gasteiger partial charge in [0.1, 0.15) is 36.3 Å². The molecule has 1 saturated heterocycles. The number of hydrogen-bond acceptors (Lipinski definition) is 10. The Morgan fingerprint density at radius 2 is 2.18 bits per heavy atom. The van der Waals surface area contributed by atoms with Crippen LogP contribution in [0.1, 0.15) is 32.4 Å². The molecule has 150 valence electrons. The van der Waals surface area contributed by atoms with Crippen LogP contribution in [0.15, 0.2) is 11.7 Å². The molecule has 0 spiro atoms. The van der Waals surface area contributed by atoms with Gasteiger partial charge in [-0.25, -0.2) is 14.8 Å². The molecule has 3 rings (SSSR count). The summed E-state index contributed by atoms with van der Waals surface area (Å²) in [5.74, 6) is 0.220. The van der Waals surface area contributed by atoms with Gasteiger partial charge in [-0.1, -0.05) is 0 Å². The molecule has 2 aromatic rings. The highest BCUT2D eigenvalue weighted by Gasteiger charge is 2.55. The van der Waals surface area contributed by atoms with E-state index in [2.05, 4.69) is 15.3 Å². The maximum absolute atomic E-state index is 12.0. The van der Waals surface area contributed by atoms with E-state index >= 15 is 0 Å². The van der Waals surface area contributed by atoms with Gasteiger partial charge in [-0.3, -0.25) is 5.32 Å². The highest BCUT2D eigenvalue weighted by atomic mass is 32.1. The zero-order valence-electron chi connectivity index (χ0n) is 15.4. The third-order valence-electron chi connectivity index (χ3n) is 4.18. The molecule has 10 nitrogen and oxygen atoms in total. The number of fused-ring (bicyclic) bond motifs is 1. The molecule has 1 aliphatic heterocycles. The van der Waals surface area contributed by atoms with Gasteiger partial charge in [-0.2, -0.15) is 5.26 Å². The molecule has 4 N–H and O–H groups in total. The summed E-state index contributed by atoms with van der Waals surface area (Å²) in [4.78, 5) is 20.3. The van der Waals surface area contributed by atoms with E-state index in [0.717, 1.165) is 0 Å². The Kier molecular flexibility index (Phi) is 5.26. The number of rotatable bonds is 3. The van der Waals surface area contributed by atoms with Gasteiger partial charge in [0.2, 0.25) is 5.60 Å². The van der Waals surface area contributed by atoms with Crippen molar-refractivity contribution in [2.24, 2.45) is 0 Å². The topological polar surface area (TPSA) is 158 Å². The number of carbonyl (C=O) groups excluding carboxylic acids is 1. The van der Waals surface area contributed by atoms with Crippen LogP contribution in [0.4, 0.5) is 10.6 Å². The van der Waals surface area contributed by atoms with Crippen molar-refractivity contribution < 1.29 is 29.6 Å². The van der Waals surface area contributed by atoms with Crippen LogP contribution in [0, 0.1) is 11.3 Å². The summed E-state index contributed by atoms with van der Waals surface area (Å²) in [5, 5.41) is 43.5. The van der Waals surface area contributed by atoms with E-state index in [4.69, 9.17) is 9.47 Å². The Bertz CT molecular complexity index is 936. The maximum Gasteiger partial charge on any atom is 0.413 e. The molecule has 0 unspecified atom stereocenters. The van der Waals surface area contributed by atoms with Crippen molar-refractivity contribution in [1.29, 1.82) is 5.26 Å². The highest BCUT2D eigenvalue weighted by molar-refractivity contribution is 7.18. The number of ether oxygens (including phenoxy) is 2. The van der Waals surface area contributed by atoms with Crippen LogP contribution in [0.2, 0.25) is 0 Å². The molecule has 0 radical (unpaired) electrons. The molecule has 2 aromatic heterocycles. The first-order chi connectivity index (χ1) is 13.1. The zero-order valence-corrected chi connectivity index (χ0v) is 16.2. The predicted octanol–water partition coefficient (Wildman–Crippen LogP) is 1.09. The Morgan fingerprint density at radius 1 is 1.46 bits per heavy atom. The van der Waals surface area contributed by atoms with Gasteiger partial charge in [-0.05, 0) is 26.2 Å². The van der Waals surface area contributed by atoms with Crippen LogP contribution in [0.3, 0.4) is 0 Å². The molecule has 0 aromatic carbocycles. The molecule has 1 amide bonds. The van der Waals surface area contributed by atoms with Crippen LogP contribution in [0.25, 0.3) is 10.2 Å². The fraction of sp³-hybridized carbons (Fsp3) is 0.529. The number of aliphatic hydroxyl groups excluding tert-OH is 3. The van der Waals surface area contributed by atoms with Gasteiger partial charge in [-0.15, -0.1) is 11.3 Å². The molecule has 3 heterocycles. The predicted molar refractivity (Wildman–Crippen MR) is 98.5 cm³/mol. The number of hydrogen-bond donors (Lipinski definition) is 4. The zero-order chi connectivity index (χ0) is 20.7. The third-order valence-corrected chi connectivity index (χ3v) is 5.17. The largest absolute Gasteiger partial charge is 0.444 e. The molecule has 0 saturated carbocycles. The van der Waals surface area contributed by atoms with E-state index in [1.165, 1.54) is 17.7 Å². The smallest absolute Gasteiger partial charge is 0.413 e. The number of nitrogens with one attached hydrogen (secondary N) is 1. The minimum Gasteiger partial charge on any atom is -0.444 e. The molecule has 0 bridgehead atoms. The minimum atomic E-state index is -1.93. The molecule has 4 atom stereocenters. The van der Waals surface area contributed by atoms with Gasteiger partial charge in [0.15, 0.2) is 5.82 Å². The molecule has 0 aliphatic carbocycles. The van der Waals surface area contributed by atoms with E-state index in [1.807, 2.05) is 0 Å². The summed E-state index contributed by atoms with van der Waals surface area (Å²) in [6.07, 6.45) is -3.57. The number of nitriles is 1. The summed E-state index contributed by atoms with van der Waals surface area (Å²) in [5.41, 5.74) is -1.82. The first-order valence-corrected chi connectivity index (χ1v) is 9.28. The van der Waals surface area contributed by atoms with E-state index in [9.17, 15) is 25.4 Å². The lowest BCUT2D eigenvalue weighted by Gasteiger charge is -2.21. The maximum atomic E-state index is 12.0. The Balaban J connectivity index is 1.94. The van der Waals surface area contributed by atoms with Crippen molar-refractivity contribution in [2.45, 2.75) is 50.3 Å². The second-order valence-corrected chi connectivity index (χ2v) is 8.23. The fourth-order valence-corrected chi connectivity index (χ4v) is 3.86. The Labute approximate surface area is 164 Å². The van der Waals surface area contributed by atoms with Gasteiger partial charge in [0, 0.05) is 5.56 Å². The number of aliphatic hydroxyl groups is 3. The van der Waals surface area contributed by atoms with E-state index in [-0.39, 0.29) is 5.82 Å². The second-order valence-electron chi connectivity index (χ2n) is 7.35. The number of carbonyl (C=O) groups is 1. The lowest BCUT2D eigenvalue weighted by atomic mass is 9.95. The lowest BCUT2D eigenvalue weighted by molar-refractivity contribution is -0.0732. The lowest BCUT2D eigenvalue weighted by Crippen LogP contribution is -2.44. The molecule has 1 fully saturated rings. The average Bonchev–Trinajstić information content (AvgIpc) is 3.15. The Hall–Kier alpha value is -2.36. The first-order valence-electron chi connectivity index (χ1n) is 8.40. The molecular weight excluding hydrogens is 388 g/mol. The number of nitrogens with zero attached hydrogens (tertiary/aromatic N) is 3. The second kappa shape index (κ2) is 7.23. The van der Waals surface area contributed by atoms with Crippen LogP contribution >= 0.6 is 11.3 Å². The number of thiophene rings is 1. The summed E-state index contributed by atoms with van der Waals surface area (Å²) in [7, 11) is 0. The van der Waals surface area contributed by atoms with Crippen LogP contribution in [-0.2, 0) is 9.47 Å². The van der Waals surface area contributed by atoms with Crippen molar-refractivity contribution >= 4 is 33.5 Å². The summed E-state index contributed by atoms with van der Waals surface area (Å²) in [6.45, 7) is 4.43. The number of aromatic nitrogens is 2. The van der Waals surface area contributed by atoms with Crippen molar-refractivity contribution in [3.63, 3.8) is 0 Å². The van der Waals surface area contributed by atoms with Gasteiger partial charge in [0.25, 0.3) is 0 Å². The summed E-state index contributed by atoms with van der Waals surface area (Å²) in [6, 6.07) is 1.72. The number of anilines is 1. The molecule has 11 heteroatoms. The quantitative estimate of drug-likeness (QED) is 0.583. The summed E-state index contributed by atoms with van der Waals surface area (Å²) < 4.78 is 11.3. The van der Waals surface area contributed by atoms with Crippen molar-refractivity contribution in [3.05, 3.63) is 17.3 Å².